The summed E-state index contributed by atoms with van der Waals surface area (Å²) >= 11 is 1.81. The van der Waals surface area contributed by atoms with Crippen LogP contribution in [-0.4, -0.2) is 30.8 Å². The molecule has 2 rings (SSSR count). The summed E-state index contributed by atoms with van der Waals surface area (Å²) < 4.78 is 5.56. The predicted octanol–water partition coefficient (Wildman–Crippen LogP) is 1.80. The number of rotatable bonds is 4. The van der Waals surface area contributed by atoms with Crippen LogP contribution in [0.4, 0.5) is 0 Å². The summed E-state index contributed by atoms with van der Waals surface area (Å²) in [5.41, 5.74) is 0.0286. The quantitative estimate of drug-likeness (QED) is 0.850. The Balaban J connectivity index is 2.04. The summed E-state index contributed by atoms with van der Waals surface area (Å²) in [5.74, 6) is 0.529. The first-order chi connectivity index (χ1) is 7.15. The van der Waals surface area contributed by atoms with E-state index in [1.165, 1.54) is 9.88 Å². The number of nitrogens with one attached hydrogen (secondary N) is 1. The zero-order chi connectivity index (χ0) is 10.9. The normalized spacial score (nSPS) is 19.2. The third-order valence-corrected chi connectivity index (χ3v) is 4.19. The van der Waals surface area contributed by atoms with Crippen LogP contribution in [-0.2, 0) is 11.2 Å². The van der Waals surface area contributed by atoms with Gasteiger partial charge in [-0.2, -0.15) is 0 Å². The van der Waals surface area contributed by atoms with E-state index in [1.807, 2.05) is 17.5 Å². The van der Waals surface area contributed by atoms with Crippen molar-refractivity contribution >= 4 is 11.3 Å². The fraction of sp³-hybridized carbons (Fsp3) is 0.727. The molecule has 15 heavy (non-hydrogen) atoms. The van der Waals surface area contributed by atoms with Gasteiger partial charge in [0.15, 0.2) is 0 Å². The van der Waals surface area contributed by atoms with E-state index in [1.54, 1.807) is 7.11 Å². The molecule has 0 radical (unpaired) electrons. The lowest BCUT2D eigenvalue weighted by Crippen LogP contribution is -2.61. The van der Waals surface area contributed by atoms with Gasteiger partial charge in [0.1, 0.15) is 0 Å². The van der Waals surface area contributed by atoms with Crippen molar-refractivity contribution in [3.05, 3.63) is 16.1 Å². The number of thiazole rings is 1. The Kier molecular flexibility index (Phi) is 3.09. The maximum Gasteiger partial charge on any atom is 0.0974 e. The molecule has 84 valence electrons. The van der Waals surface area contributed by atoms with Gasteiger partial charge in [0.25, 0.3) is 0 Å². The third-order valence-electron chi connectivity index (χ3n) is 2.89. The van der Waals surface area contributed by atoms with Gasteiger partial charge in [0.2, 0.25) is 0 Å². The number of aromatic nitrogens is 1. The van der Waals surface area contributed by atoms with Crippen molar-refractivity contribution < 1.29 is 4.74 Å². The zero-order valence-electron chi connectivity index (χ0n) is 9.54. The molecule has 1 fully saturated rings. The Morgan fingerprint density at radius 3 is 2.73 bits per heavy atom. The number of ether oxygens (including phenoxy) is 1. The smallest absolute Gasteiger partial charge is 0.0974 e. The molecular formula is C11H18N2OS. The van der Waals surface area contributed by atoms with Gasteiger partial charge < -0.3 is 10.1 Å². The number of hydrogen-bond donors (Lipinski definition) is 1. The lowest BCUT2D eigenvalue weighted by atomic mass is 9.92. The molecule has 0 atom stereocenters. The van der Waals surface area contributed by atoms with E-state index in [-0.39, 0.29) is 5.60 Å². The summed E-state index contributed by atoms with van der Waals surface area (Å²) in [6.45, 7) is 6.27. The molecule has 3 nitrogen and oxygen atoms in total. The summed E-state index contributed by atoms with van der Waals surface area (Å²) in [4.78, 5) is 5.77. The molecule has 0 bridgehead atoms. The summed E-state index contributed by atoms with van der Waals surface area (Å²) in [7, 11) is 1.80. The molecule has 1 aliphatic rings. The van der Waals surface area contributed by atoms with Crippen LogP contribution in [0.5, 0.6) is 0 Å². The van der Waals surface area contributed by atoms with E-state index in [2.05, 4.69) is 24.1 Å². The first-order valence-electron chi connectivity index (χ1n) is 5.36. The van der Waals surface area contributed by atoms with Crippen molar-refractivity contribution in [1.82, 2.24) is 10.3 Å². The van der Waals surface area contributed by atoms with Crippen LogP contribution in [0, 0.1) is 0 Å². The first kappa shape index (κ1) is 11.0. The summed E-state index contributed by atoms with van der Waals surface area (Å²) in [6.07, 6.45) is 2.99. The minimum Gasteiger partial charge on any atom is -0.375 e. The van der Waals surface area contributed by atoms with Gasteiger partial charge in [-0.15, -0.1) is 11.3 Å². The monoisotopic (exact) mass is 226 g/mol. The standard InChI is InChI=1S/C11H18N2OS/c1-8(2)10-13-5-9(15-10)4-11(14-3)6-12-7-11/h5,8,12H,4,6-7H2,1-3H3. The van der Waals surface area contributed by atoms with Crippen LogP contribution in [0.2, 0.25) is 0 Å². The van der Waals surface area contributed by atoms with E-state index >= 15 is 0 Å². The molecule has 1 aromatic rings. The number of hydrogen-bond acceptors (Lipinski definition) is 4. The zero-order valence-corrected chi connectivity index (χ0v) is 10.4. The van der Waals surface area contributed by atoms with Gasteiger partial charge >= 0.3 is 0 Å². The molecule has 1 aromatic heterocycles. The van der Waals surface area contributed by atoms with Crippen LogP contribution in [0.1, 0.15) is 29.7 Å². The lowest BCUT2D eigenvalue weighted by Gasteiger charge is -2.41. The van der Waals surface area contributed by atoms with Gasteiger partial charge in [-0.3, -0.25) is 0 Å². The molecule has 0 amide bonds. The molecule has 1 N–H and O–H groups in total. The average Bonchev–Trinajstić information content (AvgIpc) is 2.59. The van der Waals surface area contributed by atoms with Crippen LogP contribution in [0.25, 0.3) is 0 Å². The fourth-order valence-corrected chi connectivity index (χ4v) is 2.78. The molecule has 0 aliphatic carbocycles. The summed E-state index contributed by atoms with van der Waals surface area (Å²) in [6, 6.07) is 0. The third kappa shape index (κ3) is 2.22. The summed E-state index contributed by atoms with van der Waals surface area (Å²) in [5, 5.41) is 4.49. The molecule has 2 heterocycles. The first-order valence-corrected chi connectivity index (χ1v) is 6.17. The Hall–Kier alpha value is -0.450. The molecule has 1 saturated heterocycles. The molecule has 0 aromatic carbocycles. The maximum absolute atomic E-state index is 5.56. The Labute approximate surface area is 94.9 Å². The molecule has 4 heteroatoms. The van der Waals surface area contributed by atoms with Crippen molar-refractivity contribution in [2.75, 3.05) is 20.2 Å². The molecule has 0 unspecified atom stereocenters. The predicted molar refractivity (Wildman–Crippen MR) is 62.5 cm³/mol. The van der Waals surface area contributed by atoms with Crippen LogP contribution < -0.4 is 5.32 Å². The Morgan fingerprint density at radius 2 is 2.33 bits per heavy atom. The van der Waals surface area contributed by atoms with Gasteiger partial charge in [-0.05, 0) is 0 Å². The van der Waals surface area contributed by atoms with Crippen molar-refractivity contribution in [1.29, 1.82) is 0 Å². The highest BCUT2D eigenvalue weighted by Gasteiger charge is 2.37. The SMILES string of the molecule is COC1(Cc2cnc(C(C)C)s2)CNC1. The van der Waals surface area contributed by atoms with E-state index in [9.17, 15) is 0 Å². The molecule has 0 saturated carbocycles. The van der Waals surface area contributed by atoms with Gasteiger partial charge in [0, 0.05) is 43.6 Å². The van der Waals surface area contributed by atoms with E-state index in [4.69, 9.17) is 4.74 Å². The second-order valence-corrected chi connectivity index (χ2v) is 5.63. The van der Waals surface area contributed by atoms with Crippen molar-refractivity contribution in [2.45, 2.75) is 31.8 Å². The number of nitrogens with zero attached hydrogens (tertiary/aromatic N) is 1. The second kappa shape index (κ2) is 4.20. The van der Waals surface area contributed by atoms with Crippen molar-refractivity contribution in [2.24, 2.45) is 0 Å². The Bertz CT molecular complexity index is 326. The van der Waals surface area contributed by atoms with E-state index in [0.717, 1.165) is 19.5 Å². The van der Waals surface area contributed by atoms with Crippen molar-refractivity contribution in [3.8, 4) is 0 Å². The van der Waals surface area contributed by atoms with Gasteiger partial charge in [-0.25, -0.2) is 4.98 Å². The topological polar surface area (TPSA) is 34.1 Å². The lowest BCUT2D eigenvalue weighted by molar-refractivity contribution is -0.0496. The highest BCUT2D eigenvalue weighted by molar-refractivity contribution is 7.11. The van der Waals surface area contributed by atoms with Crippen molar-refractivity contribution in [3.63, 3.8) is 0 Å². The van der Waals surface area contributed by atoms with Gasteiger partial charge in [0.05, 0.1) is 10.6 Å². The van der Waals surface area contributed by atoms with Gasteiger partial charge in [-0.1, -0.05) is 13.8 Å². The molecule has 1 aliphatic heterocycles. The van der Waals surface area contributed by atoms with E-state index in [0.29, 0.717) is 5.92 Å². The fourth-order valence-electron chi connectivity index (χ4n) is 1.73. The second-order valence-electron chi connectivity index (χ2n) is 4.49. The van der Waals surface area contributed by atoms with Crippen LogP contribution >= 0.6 is 11.3 Å². The highest BCUT2D eigenvalue weighted by atomic mass is 32.1. The van der Waals surface area contributed by atoms with E-state index < -0.39 is 0 Å². The minimum atomic E-state index is 0.0286. The Morgan fingerprint density at radius 1 is 1.60 bits per heavy atom. The average molecular weight is 226 g/mol. The molecular weight excluding hydrogens is 208 g/mol. The number of methoxy groups -OCH3 is 1. The maximum atomic E-state index is 5.56. The van der Waals surface area contributed by atoms with Crippen LogP contribution in [0.15, 0.2) is 6.20 Å². The molecule has 0 spiro atoms. The largest absolute Gasteiger partial charge is 0.375 e. The van der Waals surface area contributed by atoms with Crippen LogP contribution in [0.3, 0.4) is 0 Å². The highest BCUT2D eigenvalue weighted by Crippen LogP contribution is 2.27. The minimum absolute atomic E-state index is 0.0286.